The van der Waals surface area contributed by atoms with Crippen molar-refractivity contribution < 1.29 is 4.79 Å². The molecule has 0 aliphatic heterocycles. The van der Waals surface area contributed by atoms with Crippen LogP contribution < -0.4 is 10.6 Å². The van der Waals surface area contributed by atoms with Gasteiger partial charge in [-0.15, -0.1) is 10.2 Å². The van der Waals surface area contributed by atoms with E-state index in [2.05, 4.69) is 26.9 Å². The highest BCUT2D eigenvalue weighted by molar-refractivity contribution is 5.87. The Bertz CT molecular complexity index is 453. The predicted molar refractivity (Wildman–Crippen MR) is 76.0 cm³/mol. The highest BCUT2D eigenvalue weighted by Crippen LogP contribution is 2.19. The molecule has 5 nitrogen and oxygen atoms in total. The molecule has 0 radical (unpaired) electrons. The van der Waals surface area contributed by atoms with Gasteiger partial charge >= 0.3 is 0 Å². The number of aromatic nitrogens is 2. The average Bonchev–Trinajstić information content (AvgIpc) is 2.41. The third kappa shape index (κ3) is 4.69. The van der Waals surface area contributed by atoms with Crippen molar-refractivity contribution in [2.24, 2.45) is 0 Å². The lowest BCUT2D eigenvalue weighted by Crippen LogP contribution is -2.10. The van der Waals surface area contributed by atoms with Crippen molar-refractivity contribution in [1.29, 1.82) is 0 Å². The second-order valence-corrected chi connectivity index (χ2v) is 4.77. The van der Waals surface area contributed by atoms with Crippen LogP contribution in [0, 0.1) is 0 Å². The molecule has 1 amide bonds. The Labute approximate surface area is 113 Å². The zero-order valence-corrected chi connectivity index (χ0v) is 11.3. The number of nitrogens with zero attached hydrogens (tertiary/aromatic N) is 2. The molecule has 0 fully saturated rings. The first-order chi connectivity index (χ1) is 9.24. The van der Waals surface area contributed by atoms with Crippen LogP contribution >= 0.6 is 0 Å². The first-order valence-electron chi connectivity index (χ1n) is 6.77. The fraction of sp³-hybridized carbons (Fsp3) is 0.500. The van der Waals surface area contributed by atoms with E-state index in [0.717, 1.165) is 18.8 Å². The van der Waals surface area contributed by atoms with Gasteiger partial charge in [-0.05, 0) is 44.2 Å². The van der Waals surface area contributed by atoms with Crippen molar-refractivity contribution in [3.8, 4) is 0 Å². The number of carbonyl (C=O) groups is 1. The molecule has 0 unspecified atom stereocenters. The van der Waals surface area contributed by atoms with Crippen molar-refractivity contribution in [3.63, 3.8) is 0 Å². The fourth-order valence-corrected chi connectivity index (χ4v) is 2.16. The van der Waals surface area contributed by atoms with Crippen LogP contribution in [0.3, 0.4) is 0 Å². The van der Waals surface area contributed by atoms with Gasteiger partial charge in [0, 0.05) is 13.5 Å². The molecule has 5 heteroatoms. The van der Waals surface area contributed by atoms with Crippen molar-refractivity contribution >= 4 is 17.5 Å². The van der Waals surface area contributed by atoms with Crippen LogP contribution in [-0.4, -0.2) is 22.6 Å². The molecule has 1 aliphatic carbocycles. The summed E-state index contributed by atoms with van der Waals surface area (Å²) in [5.41, 5.74) is 1.54. The molecule has 0 atom stereocenters. The molecule has 0 saturated carbocycles. The highest BCUT2D eigenvalue weighted by atomic mass is 16.1. The lowest BCUT2D eigenvalue weighted by atomic mass is 9.97. The van der Waals surface area contributed by atoms with Crippen LogP contribution in [0.4, 0.5) is 11.6 Å². The Kier molecular flexibility index (Phi) is 4.89. The smallest absolute Gasteiger partial charge is 0.222 e. The Balaban J connectivity index is 1.76. The summed E-state index contributed by atoms with van der Waals surface area (Å²) >= 11 is 0. The molecule has 19 heavy (non-hydrogen) atoms. The molecule has 0 saturated heterocycles. The summed E-state index contributed by atoms with van der Waals surface area (Å²) in [5.74, 6) is 1.08. The maximum Gasteiger partial charge on any atom is 0.222 e. The molecule has 1 heterocycles. The minimum absolute atomic E-state index is 0.140. The third-order valence-electron chi connectivity index (χ3n) is 3.11. The lowest BCUT2D eigenvalue weighted by molar-refractivity contribution is -0.114. The number of nitrogens with one attached hydrogen (secondary N) is 2. The summed E-state index contributed by atoms with van der Waals surface area (Å²) in [4.78, 5) is 10.8. The summed E-state index contributed by atoms with van der Waals surface area (Å²) in [6.07, 6.45) is 8.52. The largest absolute Gasteiger partial charge is 0.368 e. The monoisotopic (exact) mass is 260 g/mol. The maximum absolute atomic E-state index is 10.8. The number of carbonyl (C=O) groups excluding carboxylic acids is 1. The minimum Gasteiger partial charge on any atom is -0.368 e. The van der Waals surface area contributed by atoms with E-state index in [1.807, 2.05) is 6.07 Å². The number of hydrogen-bond acceptors (Lipinski definition) is 4. The number of rotatable bonds is 5. The molecule has 0 bridgehead atoms. The van der Waals surface area contributed by atoms with E-state index in [1.54, 1.807) is 11.6 Å². The van der Waals surface area contributed by atoms with Gasteiger partial charge in [-0.25, -0.2) is 0 Å². The Morgan fingerprint density at radius 3 is 2.68 bits per heavy atom. The van der Waals surface area contributed by atoms with Gasteiger partial charge in [0.15, 0.2) is 5.82 Å². The number of allylic oxidation sites excluding steroid dienone is 1. The van der Waals surface area contributed by atoms with E-state index >= 15 is 0 Å². The standard InChI is InChI=1S/C14H20N4O/c1-11(19)16-14-8-7-13(17-18-14)15-10-9-12-5-3-2-4-6-12/h5,7-8H,2-4,6,9-10H2,1H3,(H,15,17)(H,16,18,19). The van der Waals surface area contributed by atoms with Gasteiger partial charge in [-0.3, -0.25) is 4.79 Å². The molecular formula is C14H20N4O. The molecule has 0 spiro atoms. The van der Waals surface area contributed by atoms with Gasteiger partial charge in [0.25, 0.3) is 0 Å². The zero-order valence-electron chi connectivity index (χ0n) is 11.3. The Morgan fingerprint density at radius 2 is 2.05 bits per heavy atom. The normalized spacial score (nSPS) is 14.7. The number of amides is 1. The van der Waals surface area contributed by atoms with E-state index in [0.29, 0.717) is 5.82 Å². The third-order valence-corrected chi connectivity index (χ3v) is 3.11. The minimum atomic E-state index is -0.140. The van der Waals surface area contributed by atoms with Gasteiger partial charge in [-0.1, -0.05) is 11.6 Å². The molecule has 102 valence electrons. The van der Waals surface area contributed by atoms with Gasteiger partial charge < -0.3 is 10.6 Å². The SMILES string of the molecule is CC(=O)Nc1ccc(NCCC2=CCCCC2)nn1. The van der Waals surface area contributed by atoms with E-state index in [1.165, 1.54) is 32.6 Å². The van der Waals surface area contributed by atoms with Crippen LogP contribution in [0.15, 0.2) is 23.8 Å². The number of anilines is 2. The summed E-state index contributed by atoms with van der Waals surface area (Å²) in [6.45, 7) is 2.33. The maximum atomic E-state index is 10.8. The predicted octanol–water partition coefficient (Wildman–Crippen LogP) is 2.74. The zero-order chi connectivity index (χ0) is 13.5. The van der Waals surface area contributed by atoms with Gasteiger partial charge in [0.2, 0.25) is 5.91 Å². The quantitative estimate of drug-likeness (QED) is 0.799. The van der Waals surface area contributed by atoms with Gasteiger partial charge in [0.1, 0.15) is 5.82 Å². The molecule has 1 aromatic rings. The molecule has 1 aliphatic rings. The molecule has 1 aromatic heterocycles. The summed E-state index contributed by atoms with van der Waals surface area (Å²) < 4.78 is 0. The summed E-state index contributed by atoms with van der Waals surface area (Å²) in [6, 6.07) is 3.57. The first kappa shape index (κ1) is 13.5. The lowest BCUT2D eigenvalue weighted by Gasteiger charge is -2.13. The Morgan fingerprint density at radius 1 is 1.26 bits per heavy atom. The Hall–Kier alpha value is -1.91. The van der Waals surface area contributed by atoms with Crippen molar-refractivity contribution in [2.75, 3.05) is 17.2 Å². The highest BCUT2D eigenvalue weighted by Gasteiger charge is 2.03. The molecule has 2 N–H and O–H groups in total. The van der Waals surface area contributed by atoms with Crippen LogP contribution in [0.1, 0.15) is 39.0 Å². The van der Waals surface area contributed by atoms with Crippen molar-refractivity contribution in [2.45, 2.75) is 39.0 Å². The average molecular weight is 260 g/mol. The van der Waals surface area contributed by atoms with Crippen molar-refractivity contribution in [3.05, 3.63) is 23.8 Å². The molecular weight excluding hydrogens is 240 g/mol. The van der Waals surface area contributed by atoms with E-state index < -0.39 is 0 Å². The van der Waals surface area contributed by atoms with E-state index in [-0.39, 0.29) is 5.91 Å². The van der Waals surface area contributed by atoms with Crippen LogP contribution in [0.5, 0.6) is 0 Å². The molecule has 2 rings (SSSR count). The second kappa shape index (κ2) is 6.87. The second-order valence-electron chi connectivity index (χ2n) is 4.77. The topological polar surface area (TPSA) is 66.9 Å². The summed E-state index contributed by atoms with van der Waals surface area (Å²) in [5, 5.41) is 13.8. The van der Waals surface area contributed by atoms with E-state index in [9.17, 15) is 4.79 Å². The first-order valence-corrected chi connectivity index (χ1v) is 6.77. The van der Waals surface area contributed by atoms with Gasteiger partial charge in [0.05, 0.1) is 0 Å². The number of hydrogen-bond donors (Lipinski definition) is 2. The van der Waals surface area contributed by atoms with Crippen LogP contribution in [0.25, 0.3) is 0 Å². The molecule has 0 aromatic carbocycles. The van der Waals surface area contributed by atoms with Crippen LogP contribution in [-0.2, 0) is 4.79 Å². The van der Waals surface area contributed by atoms with Crippen LogP contribution in [0.2, 0.25) is 0 Å². The fourth-order valence-electron chi connectivity index (χ4n) is 2.16. The van der Waals surface area contributed by atoms with Gasteiger partial charge in [-0.2, -0.15) is 0 Å². The van der Waals surface area contributed by atoms with Crippen molar-refractivity contribution in [1.82, 2.24) is 10.2 Å². The summed E-state index contributed by atoms with van der Waals surface area (Å²) in [7, 11) is 0. The van der Waals surface area contributed by atoms with E-state index in [4.69, 9.17) is 0 Å².